The number of nitrogens with zero attached hydrogens (tertiary/aromatic N) is 3. The van der Waals surface area contributed by atoms with Crippen LogP contribution in [0.15, 0.2) is 40.6 Å². The summed E-state index contributed by atoms with van der Waals surface area (Å²) in [5.74, 6) is -0.0810. The highest BCUT2D eigenvalue weighted by molar-refractivity contribution is 8.19. The normalized spacial score (nSPS) is 19.8. The van der Waals surface area contributed by atoms with Crippen LogP contribution in [0.1, 0.15) is 12.5 Å². The van der Waals surface area contributed by atoms with Gasteiger partial charge in [-0.1, -0.05) is 23.7 Å². The summed E-state index contributed by atoms with van der Waals surface area (Å²) in [6.45, 7) is 2.50. The summed E-state index contributed by atoms with van der Waals surface area (Å²) in [7, 11) is 1.77. The number of nitrogens with one attached hydrogen (secondary N) is 1. The topological polar surface area (TPSA) is 47.9 Å². The molecule has 1 amide bonds. The fourth-order valence-corrected chi connectivity index (χ4v) is 3.38. The highest BCUT2D eigenvalue weighted by Gasteiger charge is 2.33. The van der Waals surface area contributed by atoms with Gasteiger partial charge in [-0.15, -0.1) is 0 Å². The molecule has 2 aliphatic rings. The van der Waals surface area contributed by atoms with Crippen LogP contribution in [0, 0.1) is 0 Å². The molecule has 0 saturated carbocycles. The number of thioether (sulfide) groups is 1. The molecule has 3 rings (SSSR count). The standard InChI is InChI=1S/C14H15ClN4OS/c1-9-16-7-12-19(9)17-13(21-12)14(20)18(2)8-10-4-3-5-11(15)6-10/h3-7,9,16H,8H2,1-2H3. The van der Waals surface area contributed by atoms with E-state index in [9.17, 15) is 4.79 Å². The van der Waals surface area contributed by atoms with Gasteiger partial charge < -0.3 is 10.2 Å². The molecule has 0 aliphatic carbocycles. The van der Waals surface area contributed by atoms with Crippen LogP contribution < -0.4 is 5.32 Å². The molecule has 110 valence electrons. The summed E-state index contributed by atoms with van der Waals surface area (Å²) in [5.41, 5.74) is 0.997. The van der Waals surface area contributed by atoms with Crippen molar-refractivity contribution in [2.75, 3.05) is 7.05 Å². The molecule has 1 aromatic rings. The Morgan fingerprint density at radius 2 is 2.38 bits per heavy atom. The van der Waals surface area contributed by atoms with Crippen LogP contribution in [0.2, 0.25) is 5.02 Å². The van der Waals surface area contributed by atoms with E-state index in [2.05, 4.69) is 10.4 Å². The van der Waals surface area contributed by atoms with E-state index in [4.69, 9.17) is 11.6 Å². The average molecular weight is 323 g/mol. The van der Waals surface area contributed by atoms with Gasteiger partial charge in [-0.25, -0.2) is 5.01 Å². The number of halogens is 1. The molecule has 1 unspecified atom stereocenters. The minimum Gasteiger partial charge on any atom is -0.368 e. The van der Waals surface area contributed by atoms with Crippen LogP contribution in [-0.2, 0) is 11.3 Å². The fourth-order valence-electron chi connectivity index (χ4n) is 2.18. The average Bonchev–Trinajstić information content (AvgIpc) is 3.00. The molecule has 0 saturated heterocycles. The molecular formula is C14H15ClN4OS. The lowest BCUT2D eigenvalue weighted by atomic mass is 10.2. The summed E-state index contributed by atoms with van der Waals surface area (Å²) in [6.07, 6.45) is 1.98. The number of hydrazone groups is 1. The first kappa shape index (κ1) is 14.3. The lowest BCUT2D eigenvalue weighted by Gasteiger charge is -2.17. The third-order valence-electron chi connectivity index (χ3n) is 3.28. The predicted molar refractivity (Wildman–Crippen MR) is 85.5 cm³/mol. The molecule has 1 N–H and O–H groups in total. The molecule has 7 heteroatoms. The Kier molecular flexibility index (Phi) is 3.82. The molecule has 0 aromatic heterocycles. The van der Waals surface area contributed by atoms with Crippen molar-refractivity contribution in [3.63, 3.8) is 0 Å². The number of benzene rings is 1. The molecule has 2 heterocycles. The van der Waals surface area contributed by atoms with E-state index in [1.807, 2.05) is 42.4 Å². The number of amides is 1. The summed E-state index contributed by atoms with van der Waals surface area (Å²) in [5, 5.41) is 11.5. The molecule has 0 fully saturated rings. The number of carbonyl (C=O) groups excluding carboxylic acids is 1. The summed E-state index contributed by atoms with van der Waals surface area (Å²) < 4.78 is 0. The van der Waals surface area contributed by atoms with Crippen molar-refractivity contribution in [3.8, 4) is 0 Å². The summed E-state index contributed by atoms with van der Waals surface area (Å²) in [6, 6.07) is 7.51. The summed E-state index contributed by atoms with van der Waals surface area (Å²) in [4.78, 5) is 14.1. The first-order valence-electron chi connectivity index (χ1n) is 6.56. The first-order valence-corrected chi connectivity index (χ1v) is 7.76. The maximum Gasteiger partial charge on any atom is 0.281 e. The Bertz CT molecular complexity index is 646. The molecule has 1 atom stereocenters. The number of hydrogen-bond donors (Lipinski definition) is 1. The van der Waals surface area contributed by atoms with Gasteiger partial charge in [0, 0.05) is 24.8 Å². The molecule has 5 nitrogen and oxygen atoms in total. The third-order valence-corrected chi connectivity index (χ3v) is 4.48. The molecule has 1 aromatic carbocycles. The van der Waals surface area contributed by atoms with Crippen LogP contribution in [0.25, 0.3) is 0 Å². The van der Waals surface area contributed by atoms with Crippen molar-refractivity contribution in [2.24, 2.45) is 5.10 Å². The van der Waals surface area contributed by atoms with Crippen LogP contribution >= 0.6 is 23.4 Å². The Hall–Kier alpha value is -1.66. The highest BCUT2D eigenvalue weighted by Crippen LogP contribution is 2.34. The van der Waals surface area contributed by atoms with Gasteiger partial charge in [0.2, 0.25) is 0 Å². The highest BCUT2D eigenvalue weighted by atomic mass is 35.5. The Morgan fingerprint density at radius 3 is 3.10 bits per heavy atom. The minimum atomic E-state index is -0.0810. The van der Waals surface area contributed by atoms with E-state index in [-0.39, 0.29) is 12.1 Å². The second kappa shape index (κ2) is 5.61. The number of fused-ring (bicyclic) bond motifs is 1. The maximum absolute atomic E-state index is 12.4. The number of hydrogen-bond acceptors (Lipinski definition) is 5. The van der Waals surface area contributed by atoms with Crippen molar-refractivity contribution in [3.05, 3.63) is 46.1 Å². The summed E-state index contributed by atoms with van der Waals surface area (Å²) >= 11 is 7.36. The van der Waals surface area contributed by atoms with Gasteiger partial charge in [0.1, 0.15) is 11.2 Å². The lowest BCUT2D eigenvalue weighted by molar-refractivity contribution is -0.123. The zero-order chi connectivity index (χ0) is 15.0. The number of carbonyl (C=O) groups is 1. The Morgan fingerprint density at radius 1 is 1.57 bits per heavy atom. The fraction of sp³-hybridized carbons (Fsp3) is 0.286. The molecule has 2 aliphatic heterocycles. The van der Waals surface area contributed by atoms with Gasteiger partial charge in [0.25, 0.3) is 5.91 Å². The van der Waals surface area contributed by atoms with E-state index in [1.54, 1.807) is 11.9 Å². The first-order chi connectivity index (χ1) is 10.0. The van der Waals surface area contributed by atoms with E-state index in [0.717, 1.165) is 10.6 Å². The number of rotatable bonds is 3. The second-order valence-electron chi connectivity index (χ2n) is 4.97. The monoisotopic (exact) mass is 322 g/mol. The largest absolute Gasteiger partial charge is 0.368 e. The van der Waals surface area contributed by atoms with Gasteiger partial charge >= 0.3 is 0 Å². The van der Waals surface area contributed by atoms with Crippen LogP contribution in [0.5, 0.6) is 0 Å². The van der Waals surface area contributed by atoms with E-state index < -0.39 is 0 Å². The van der Waals surface area contributed by atoms with Crippen LogP contribution in [0.3, 0.4) is 0 Å². The van der Waals surface area contributed by atoms with Crippen LogP contribution in [0.4, 0.5) is 0 Å². The molecular weight excluding hydrogens is 308 g/mol. The van der Waals surface area contributed by atoms with Crippen molar-refractivity contribution in [1.29, 1.82) is 0 Å². The maximum atomic E-state index is 12.4. The third kappa shape index (κ3) is 2.87. The minimum absolute atomic E-state index is 0.0810. The SMILES string of the molecule is CC1NC=C2SC(C(=O)N(C)Cc3cccc(Cl)c3)=NN21. The van der Waals surface area contributed by atoms with E-state index in [1.165, 1.54) is 11.8 Å². The second-order valence-corrected chi connectivity index (χ2v) is 6.41. The quantitative estimate of drug-likeness (QED) is 0.928. The zero-order valence-electron chi connectivity index (χ0n) is 11.7. The molecule has 0 radical (unpaired) electrons. The molecule has 21 heavy (non-hydrogen) atoms. The predicted octanol–water partition coefficient (Wildman–Crippen LogP) is 2.41. The van der Waals surface area contributed by atoms with Gasteiger partial charge in [-0.2, -0.15) is 5.10 Å². The lowest BCUT2D eigenvalue weighted by Crippen LogP contribution is -2.32. The Labute approximate surface area is 132 Å². The van der Waals surface area contributed by atoms with Crippen molar-refractivity contribution < 1.29 is 4.79 Å². The Balaban J connectivity index is 1.68. The van der Waals surface area contributed by atoms with E-state index >= 15 is 0 Å². The smallest absolute Gasteiger partial charge is 0.281 e. The van der Waals surface area contributed by atoms with Gasteiger partial charge in [-0.05, 0) is 36.4 Å². The van der Waals surface area contributed by atoms with Crippen molar-refractivity contribution in [1.82, 2.24) is 15.2 Å². The van der Waals surface area contributed by atoms with Crippen molar-refractivity contribution in [2.45, 2.75) is 19.6 Å². The van der Waals surface area contributed by atoms with Gasteiger partial charge in [-0.3, -0.25) is 4.79 Å². The van der Waals surface area contributed by atoms with E-state index in [0.29, 0.717) is 16.6 Å². The molecule has 0 spiro atoms. The van der Waals surface area contributed by atoms with Crippen LogP contribution in [-0.4, -0.2) is 34.1 Å². The molecule has 0 bridgehead atoms. The van der Waals surface area contributed by atoms with Crippen molar-refractivity contribution >= 4 is 34.3 Å². The van der Waals surface area contributed by atoms with Gasteiger partial charge in [0.15, 0.2) is 5.04 Å². The zero-order valence-corrected chi connectivity index (χ0v) is 13.3. The van der Waals surface area contributed by atoms with Gasteiger partial charge in [0.05, 0.1) is 0 Å².